The first-order valence-corrected chi connectivity index (χ1v) is 8.89. The van der Waals surface area contributed by atoms with Gasteiger partial charge in [0.1, 0.15) is 24.4 Å². The zero-order chi connectivity index (χ0) is 16.1. The molecule has 3 saturated heterocycles. The molecule has 3 fully saturated rings. The van der Waals surface area contributed by atoms with Gasteiger partial charge in [0.05, 0.1) is 6.61 Å². The van der Waals surface area contributed by atoms with Crippen molar-refractivity contribution in [3.63, 3.8) is 0 Å². The van der Waals surface area contributed by atoms with E-state index in [2.05, 4.69) is 11.4 Å². The number of rotatable bonds is 5. The van der Waals surface area contributed by atoms with Gasteiger partial charge >= 0.3 is 0 Å². The quantitative estimate of drug-likeness (QED) is 0.510. The van der Waals surface area contributed by atoms with E-state index < -0.39 is 24.6 Å². The van der Waals surface area contributed by atoms with Gasteiger partial charge in [0, 0.05) is 13.2 Å². The lowest BCUT2D eigenvalue weighted by molar-refractivity contribution is -0.292. The van der Waals surface area contributed by atoms with Gasteiger partial charge in [-0.25, -0.2) is 0 Å². The Hall–Kier alpha value is -0.500. The third-order valence-electron chi connectivity index (χ3n) is 4.88. The molecule has 3 N–H and O–H groups in total. The Morgan fingerprint density at radius 1 is 1.09 bits per heavy atom. The first kappa shape index (κ1) is 17.3. The highest BCUT2D eigenvalue weighted by Crippen LogP contribution is 2.26. The van der Waals surface area contributed by atoms with E-state index in [0.717, 1.165) is 19.4 Å². The number of aliphatic hydroxyl groups excluding tert-OH is 2. The van der Waals surface area contributed by atoms with Gasteiger partial charge < -0.3 is 29.7 Å². The van der Waals surface area contributed by atoms with E-state index in [9.17, 15) is 10.2 Å². The molecule has 0 radical (unpaired) electrons. The molecule has 0 aromatic heterocycles. The minimum Gasteiger partial charge on any atom is -0.387 e. The summed E-state index contributed by atoms with van der Waals surface area (Å²) in [6, 6.07) is 0. The molecule has 3 aliphatic heterocycles. The smallest absolute Gasteiger partial charge is 0.186 e. The fraction of sp³-hybridized carbons (Fsp3) is 0.882. The molecule has 4 aliphatic rings. The number of ether oxygens (including phenoxy) is 3. The molecule has 4 rings (SSSR count). The van der Waals surface area contributed by atoms with Crippen LogP contribution < -0.4 is 5.32 Å². The highest BCUT2D eigenvalue weighted by molar-refractivity contribution is 5.05. The Labute approximate surface area is 137 Å². The summed E-state index contributed by atoms with van der Waals surface area (Å²) in [5.41, 5.74) is 1.54. The lowest BCUT2D eigenvalue weighted by atomic mass is 9.97. The van der Waals surface area contributed by atoms with Crippen molar-refractivity contribution >= 4 is 0 Å². The Morgan fingerprint density at radius 2 is 1.96 bits per heavy atom. The lowest BCUT2D eigenvalue weighted by Crippen LogP contribution is -2.60. The molecule has 0 spiro atoms. The van der Waals surface area contributed by atoms with Crippen LogP contribution in [-0.2, 0) is 14.2 Å². The third-order valence-corrected chi connectivity index (χ3v) is 4.88. The van der Waals surface area contributed by atoms with E-state index in [1.165, 1.54) is 31.3 Å². The maximum atomic E-state index is 10.3. The summed E-state index contributed by atoms with van der Waals surface area (Å²) in [5.74, 6) is 0. The Balaban J connectivity index is 1.49. The minimum absolute atomic E-state index is 0.308. The zero-order valence-electron chi connectivity index (χ0n) is 13.7. The molecular weight excluding hydrogens is 298 g/mol. The summed E-state index contributed by atoms with van der Waals surface area (Å²) >= 11 is 0. The normalized spacial score (nSPS) is 38.5. The number of aliphatic hydroxyl groups is 2. The molecule has 5 atom stereocenters. The molecule has 3 heterocycles. The van der Waals surface area contributed by atoms with Crippen molar-refractivity contribution in [1.29, 1.82) is 0 Å². The third kappa shape index (κ3) is 4.53. The maximum absolute atomic E-state index is 10.3. The molecule has 6 nitrogen and oxygen atoms in total. The van der Waals surface area contributed by atoms with Crippen LogP contribution in [0.1, 0.15) is 38.5 Å². The molecule has 5 unspecified atom stereocenters. The molecular formula is C17H29NO5. The average Bonchev–Trinajstić information content (AvgIpc) is 2.71. The van der Waals surface area contributed by atoms with Crippen LogP contribution in [0, 0.1) is 0 Å². The number of hydrogen-bond donors (Lipinski definition) is 3. The second-order valence-electron chi connectivity index (χ2n) is 6.65. The van der Waals surface area contributed by atoms with E-state index in [1.807, 2.05) is 0 Å². The van der Waals surface area contributed by atoms with Crippen molar-refractivity contribution < 1.29 is 24.4 Å². The number of fused-ring (bicyclic) bond motifs is 6. The highest BCUT2D eigenvalue weighted by atomic mass is 16.7. The zero-order valence-corrected chi connectivity index (χ0v) is 13.7. The monoisotopic (exact) mass is 327 g/mol. The van der Waals surface area contributed by atoms with Crippen molar-refractivity contribution in [2.45, 2.75) is 69.2 Å². The highest BCUT2D eigenvalue weighted by Gasteiger charge is 2.46. The van der Waals surface area contributed by atoms with Gasteiger partial charge in [-0.2, -0.15) is 0 Å². The molecule has 0 aromatic rings. The molecule has 2 bridgehead atoms. The second kappa shape index (κ2) is 8.55. The minimum atomic E-state index is -1.05. The summed E-state index contributed by atoms with van der Waals surface area (Å²) in [4.78, 5) is 0. The van der Waals surface area contributed by atoms with E-state index >= 15 is 0 Å². The van der Waals surface area contributed by atoms with Crippen molar-refractivity contribution in [2.24, 2.45) is 0 Å². The molecule has 0 amide bonds. The number of allylic oxidation sites excluding steroid dienone is 1. The van der Waals surface area contributed by atoms with Crippen molar-refractivity contribution in [2.75, 3.05) is 26.3 Å². The van der Waals surface area contributed by atoms with Gasteiger partial charge in [0.25, 0.3) is 0 Å². The van der Waals surface area contributed by atoms with Crippen LogP contribution in [-0.4, -0.2) is 67.2 Å². The summed E-state index contributed by atoms with van der Waals surface area (Å²) < 4.78 is 17.1. The fourth-order valence-corrected chi connectivity index (χ4v) is 3.52. The molecule has 0 aromatic carbocycles. The number of hydrogen-bond acceptors (Lipinski definition) is 6. The van der Waals surface area contributed by atoms with E-state index in [4.69, 9.17) is 14.2 Å². The van der Waals surface area contributed by atoms with Crippen LogP contribution >= 0.6 is 0 Å². The summed E-state index contributed by atoms with van der Waals surface area (Å²) in [7, 11) is 0. The van der Waals surface area contributed by atoms with Crippen LogP contribution in [0.2, 0.25) is 0 Å². The van der Waals surface area contributed by atoms with Crippen molar-refractivity contribution in [1.82, 2.24) is 5.32 Å². The summed E-state index contributed by atoms with van der Waals surface area (Å²) in [6.45, 7) is 2.45. The molecule has 23 heavy (non-hydrogen) atoms. The first-order valence-electron chi connectivity index (χ1n) is 8.89. The van der Waals surface area contributed by atoms with Crippen molar-refractivity contribution in [3.8, 4) is 0 Å². The van der Waals surface area contributed by atoms with Crippen LogP contribution in [0.25, 0.3) is 0 Å². The second-order valence-corrected chi connectivity index (χ2v) is 6.65. The fourth-order valence-electron chi connectivity index (χ4n) is 3.52. The van der Waals surface area contributed by atoms with Gasteiger partial charge in [-0.05, 0) is 45.1 Å². The first-order chi connectivity index (χ1) is 11.3. The topological polar surface area (TPSA) is 80.2 Å². The van der Waals surface area contributed by atoms with Crippen LogP contribution in [0.4, 0.5) is 0 Å². The Bertz CT molecular complexity index is 400. The van der Waals surface area contributed by atoms with Gasteiger partial charge in [-0.3, -0.25) is 0 Å². The SMILES string of the molecule is OC1C2OCCCOC(C(CNCCC3=CCCCC3)O2)C1O. The van der Waals surface area contributed by atoms with Gasteiger partial charge in [0.2, 0.25) is 0 Å². The predicted octanol–water partition coefficient (Wildman–Crippen LogP) is 0.719. The standard InChI is InChI=1S/C17H29NO5/c19-14-15(20)17-22-10-4-9-21-16(14)13(23-17)11-18-8-7-12-5-2-1-3-6-12/h5,13-20H,1-4,6-11H2. The lowest BCUT2D eigenvalue weighted by Gasteiger charge is -2.41. The number of nitrogens with one attached hydrogen (secondary N) is 1. The molecule has 0 saturated carbocycles. The largest absolute Gasteiger partial charge is 0.387 e. The van der Waals surface area contributed by atoms with Gasteiger partial charge in [-0.15, -0.1) is 0 Å². The average molecular weight is 327 g/mol. The molecule has 1 aliphatic carbocycles. The van der Waals surface area contributed by atoms with Crippen molar-refractivity contribution in [3.05, 3.63) is 11.6 Å². The molecule has 132 valence electrons. The Morgan fingerprint density at radius 3 is 2.78 bits per heavy atom. The summed E-state index contributed by atoms with van der Waals surface area (Å²) in [6.07, 6.45) is 5.59. The maximum Gasteiger partial charge on any atom is 0.186 e. The van der Waals surface area contributed by atoms with Gasteiger partial charge in [0.15, 0.2) is 6.29 Å². The van der Waals surface area contributed by atoms with Crippen LogP contribution in [0.3, 0.4) is 0 Å². The van der Waals surface area contributed by atoms with E-state index in [1.54, 1.807) is 0 Å². The van der Waals surface area contributed by atoms with Gasteiger partial charge in [-0.1, -0.05) is 11.6 Å². The van der Waals surface area contributed by atoms with Crippen LogP contribution in [0.5, 0.6) is 0 Å². The Kier molecular flexibility index (Phi) is 6.44. The predicted molar refractivity (Wildman–Crippen MR) is 85.0 cm³/mol. The van der Waals surface area contributed by atoms with E-state index in [0.29, 0.717) is 19.8 Å². The van der Waals surface area contributed by atoms with E-state index in [-0.39, 0.29) is 6.10 Å². The summed E-state index contributed by atoms with van der Waals surface area (Å²) in [5, 5.41) is 23.7. The molecule has 6 heteroatoms. The van der Waals surface area contributed by atoms with Crippen LogP contribution in [0.15, 0.2) is 11.6 Å².